The van der Waals surface area contributed by atoms with Crippen LogP contribution in [0, 0.1) is 0 Å². The number of carbonyl (C=O) groups excluding carboxylic acids is 2. The van der Waals surface area contributed by atoms with Crippen LogP contribution < -0.4 is 10.7 Å². The van der Waals surface area contributed by atoms with Gasteiger partial charge in [0.15, 0.2) is 0 Å². The van der Waals surface area contributed by atoms with Crippen molar-refractivity contribution >= 4 is 35.3 Å². The molecule has 7 heteroatoms. The Bertz CT molecular complexity index is 621. The predicted molar refractivity (Wildman–Crippen MR) is 74.5 cm³/mol. The molecule has 0 radical (unpaired) electrons. The van der Waals surface area contributed by atoms with Gasteiger partial charge in [0.05, 0.1) is 12.5 Å². The zero-order valence-corrected chi connectivity index (χ0v) is 10.9. The minimum atomic E-state index is -0.886. The van der Waals surface area contributed by atoms with Gasteiger partial charge < -0.3 is 9.73 Å². The Morgan fingerprint density at radius 2 is 1.90 bits per heavy atom. The summed E-state index contributed by atoms with van der Waals surface area (Å²) in [6.07, 6.45) is 2.75. The van der Waals surface area contributed by atoms with Gasteiger partial charge in [0.25, 0.3) is 0 Å². The molecule has 0 saturated carbocycles. The first kappa shape index (κ1) is 13.8. The van der Waals surface area contributed by atoms with Crippen molar-refractivity contribution in [3.8, 4) is 0 Å². The van der Waals surface area contributed by atoms with Crippen LogP contribution in [-0.4, -0.2) is 18.0 Å². The van der Waals surface area contributed by atoms with E-state index in [1.165, 1.54) is 12.5 Å². The molecule has 0 aliphatic heterocycles. The van der Waals surface area contributed by atoms with E-state index in [4.69, 9.17) is 16.0 Å². The fourth-order valence-electron chi connectivity index (χ4n) is 1.29. The number of carbonyl (C=O) groups is 2. The van der Waals surface area contributed by atoms with Gasteiger partial charge in [-0.15, -0.1) is 0 Å². The number of hydrogen-bond acceptors (Lipinski definition) is 4. The summed E-state index contributed by atoms with van der Waals surface area (Å²) in [5, 5.41) is 6.53. The van der Waals surface area contributed by atoms with Crippen LogP contribution in [0.3, 0.4) is 0 Å². The molecule has 0 unspecified atom stereocenters. The molecule has 0 aliphatic carbocycles. The smallest absolute Gasteiger partial charge is 0.329 e. The fraction of sp³-hybridized carbons (Fsp3) is 0. The SMILES string of the molecule is O=C(N/N=C\c1ccco1)C(=O)Nc1ccc(Cl)cc1. The third-order valence-electron chi connectivity index (χ3n) is 2.21. The van der Waals surface area contributed by atoms with Crippen molar-refractivity contribution in [3.05, 3.63) is 53.4 Å². The van der Waals surface area contributed by atoms with Gasteiger partial charge in [-0.3, -0.25) is 9.59 Å². The molecule has 6 nitrogen and oxygen atoms in total. The summed E-state index contributed by atoms with van der Waals surface area (Å²) in [5.41, 5.74) is 2.55. The van der Waals surface area contributed by atoms with Crippen molar-refractivity contribution in [1.82, 2.24) is 5.43 Å². The third kappa shape index (κ3) is 3.96. The Balaban J connectivity index is 1.86. The van der Waals surface area contributed by atoms with Crippen molar-refractivity contribution in [2.45, 2.75) is 0 Å². The molecule has 1 aromatic carbocycles. The molecule has 1 heterocycles. The van der Waals surface area contributed by atoms with Crippen LogP contribution in [0.2, 0.25) is 5.02 Å². The molecule has 1 aromatic heterocycles. The first-order valence-corrected chi connectivity index (χ1v) is 5.96. The van der Waals surface area contributed by atoms with Crippen LogP contribution in [0.1, 0.15) is 5.76 Å². The largest absolute Gasteiger partial charge is 0.463 e. The van der Waals surface area contributed by atoms with Crippen molar-refractivity contribution in [2.75, 3.05) is 5.32 Å². The van der Waals surface area contributed by atoms with Crippen LogP contribution >= 0.6 is 11.6 Å². The maximum absolute atomic E-state index is 11.5. The van der Waals surface area contributed by atoms with Gasteiger partial charge in [0.2, 0.25) is 0 Å². The molecule has 0 bridgehead atoms. The second kappa shape index (κ2) is 6.53. The van der Waals surface area contributed by atoms with Crippen LogP contribution in [0.5, 0.6) is 0 Å². The number of hydrazone groups is 1. The fourth-order valence-corrected chi connectivity index (χ4v) is 1.42. The highest BCUT2D eigenvalue weighted by Gasteiger charge is 2.12. The molecule has 0 spiro atoms. The zero-order chi connectivity index (χ0) is 14.4. The highest BCUT2D eigenvalue weighted by atomic mass is 35.5. The normalized spacial score (nSPS) is 10.4. The lowest BCUT2D eigenvalue weighted by atomic mass is 10.3. The van der Waals surface area contributed by atoms with Gasteiger partial charge in [-0.1, -0.05) is 11.6 Å². The van der Waals surface area contributed by atoms with Gasteiger partial charge >= 0.3 is 11.8 Å². The molecule has 20 heavy (non-hydrogen) atoms. The first-order chi connectivity index (χ1) is 9.65. The minimum Gasteiger partial charge on any atom is -0.463 e. The van der Waals surface area contributed by atoms with Crippen LogP contribution in [0.15, 0.2) is 52.2 Å². The molecule has 2 rings (SSSR count). The molecular formula is C13H10ClN3O3. The summed E-state index contributed by atoms with van der Waals surface area (Å²) in [7, 11) is 0. The van der Waals surface area contributed by atoms with E-state index >= 15 is 0 Å². The Morgan fingerprint density at radius 1 is 1.15 bits per heavy atom. The van der Waals surface area contributed by atoms with Crippen LogP contribution in [0.4, 0.5) is 5.69 Å². The predicted octanol–water partition coefficient (Wildman–Crippen LogP) is 2.02. The Labute approximate surface area is 119 Å². The maximum Gasteiger partial charge on any atom is 0.329 e. The highest BCUT2D eigenvalue weighted by molar-refractivity contribution is 6.39. The van der Waals surface area contributed by atoms with Gasteiger partial charge in [-0.25, -0.2) is 5.43 Å². The van der Waals surface area contributed by atoms with Gasteiger partial charge in [-0.2, -0.15) is 5.10 Å². The quantitative estimate of drug-likeness (QED) is 0.515. The van der Waals surface area contributed by atoms with E-state index in [1.54, 1.807) is 36.4 Å². The van der Waals surface area contributed by atoms with E-state index in [-0.39, 0.29) is 0 Å². The summed E-state index contributed by atoms with van der Waals surface area (Å²) in [4.78, 5) is 23.0. The van der Waals surface area contributed by atoms with E-state index in [9.17, 15) is 9.59 Å². The second-order valence-electron chi connectivity index (χ2n) is 3.68. The lowest BCUT2D eigenvalue weighted by molar-refractivity contribution is -0.136. The molecule has 2 amide bonds. The molecule has 0 fully saturated rings. The van der Waals surface area contributed by atoms with Crippen molar-refractivity contribution in [2.24, 2.45) is 5.10 Å². The number of benzene rings is 1. The summed E-state index contributed by atoms with van der Waals surface area (Å²) < 4.78 is 4.97. The monoisotopic (exact) mass is 291 g/mol. The number of amides is 2. The zero-order valence-electron chi connectivity index (χ0n) is 10.2. The average molecular weight is 292 g/mol. The number of halogens is 1. The Morgan fingerprint density at radius 3 is 2.55 bits per heavy atom. The molecule has 102 valence electrons. The summed E-state index contributed by atoms with van der Waals surface area (Å²) in [6.45, 7) is 0. The maximum atomic E-state index is 11.5. The van der Waals surface area contributed by atoms with Crippen molar-refractivity contribution in [3.63, 3.8) is 0 Å². The van der Waals surface area contributed by atoms with E-state index in [0.29, 0.717) is 16.5 Å². The van der Waals surface area contributed by atoms with E-state index in [0.717, 1.165) is 0 Å². The lowest BCUT2D eigenvalue weighted by Crippen LogP contribution is -2.32. The Hall–Kier alpha value is -2.60. The highest BCUT2D eigenvalue weighted by Crippen LogP contribution is 2.13. The standard InChI is InChI=1S/C13H10ClN3O3/c14-9-3-5-10(6-4-9)16-12(18)13(19)17-15-8-11-2-1-7-20-11/h1-8H,(H,16,18)(H,17,19)/b15-8-. The minimum absolute atomic E-state index is 0.461. The van der Waals surface area contributed by atoms with E-state index < -0.39 is 11.8 Å². The van der Waals surface area contributed by atoms with Gasteiger partial charge in [0, 0.05) is 10.7 Å². The average Bonchev–Trinajstić information content (AvgIpc) is 2.94. The number of anilines is 1. The van der Waals surface area contributed by atoms with Crippen molar-refractivity contribution < 1.29 is 14.0 Å². The molecular weight excluding hydrogens is 282 g/mol. The molecule has 0 aliphatic rings. The number of rotatable bonds is 3. The third-order valence-corrected chi connectivity index (χ3v) is 2.46. The van der Waals surface area contributed by atoms with E-state index in [1.807, 2.05) is 0 Å². The number of furan rings is 1. The van der Waals surface area contributed by atoms with Crippen LogP contribution in [0.25, 0.3) is 0 Å². The summed E-state index contributed by atoms with van der Waals surface area (Å²) in [5.74, 6) is -1.25. The number of hydrogen-bond donors (Lipinski definition) is 2. The molecule has 2 aromatic rings. The topological polar surface area (TPSA) is 83.7 Å². The van der Waals surface area contributed by atoms with Crippen LogP contribution in [-0.2, 0) is 9.59 Å². The summed E-state index contributed by atoms with van der Waals surface area (Å²) in [6, 6.07) is 9.70. The Kier molecular flexibility index (Phi) is 4.52. The molecule has 0 atom stereocenters. The first-order valence-electron chi connectivity index (χ1n) is 5.58. The van der Waals surface area contributed by atoms with E-state index in [2.05, 4.69) is 15.8 Å². The van der Waals surface area contributed by atoms with Crippen molar-refractivity contribution in [1.29, 1.82) is 0 Å². The van der Waals surface area contributed by atoms with Gasteiger partial charge in [-0.05, 0) is 36.4 Å². The van der Waals surface area contributed by atoms with Gasteiger partial charge in [0.1, 0.15) is 5.76 Å². The number of nitrogens with one attached hydrogen (secondary N) is 2. The number of nitrogens with zero attached hydrogens (tertiary/aromatic N) is 1. The second-order valence-corrected chi connectivity index (χ2v) is 4.11. The molecule has 0 saturated heterocycles. The summed E-state index contributed by atoms with van der Waals surface area (Å²) >= 11 is 5.71. The lowest BCUT2D eigenvalue weighted by Gasteiger charge is -2.03. The molecule has 2 N–H and O–H groups in total.